The lowest BCUT2D eigenvalue weighted by molar-refractivity contribution is -0.385. The first kappa shape index (κ1) is 15.8. The van der Waals surface area contributed by atoms with Crippen LogP contribution in [0.3, 0.4) is 0 Å². The first-order valence-corrected chi connectivity index (χ1v) is 7.65. The van der Waals surface area contributed by atoms with Crippen molar-refractivity contribution in [3.63, 3.8) is 0 Å². The first-order chi connectivity index (χ1) is 9.90. The average molecular weight is 417 g/mol. The van der Waals surface area contributed by atoms with Gasteiger partial charge in [-0.2, -0.15) is 4.98 Å². The fourth-order valence-electron chi connectivity index (χ4n) is 1.74. The van der Waals surface area contributed by atoms with Crippen molar-refractivity contribution in [2.24, 2.45) is 0 Å². The molecule has 0 unspecified atom stereocenters. The molecule has 2 aromatic rings. The van der Waals surface area contributed by atoms with Crippen LogP contribution in [-0.2, 0) is 6.42 Å². The van der Waals surface area contributed by atoms with Gasteiger partial charge in [-0.1, -0.05) is 22.9 Å². The summed E-state index contributed by atoms with van der Waals surface area (Å²) in [5.41, 5.74) is 0.526. The molecule has 0 fully saturated rings. The highest BCUT2D eigenvalue weighted by molar-refractivity contribution is 9.10. The lowest BCUT2D eigenvalue weighted by Gasteiger charge is -2.10. The van der Waals surface area contributed by atoms with Crippen molar-refractivity contribution in [2.45, 2.75) is 20.3 Å². The van der Waals surface area contributed by atoms with Crippen molar-refractivity contribution in [3.8, 4) is 11.6 Å². The summed E-state index contributed by atoms with van der Waals surface area (Å²) >= 11 is 6.51. The standard InChI is InChI=1S/C13H11Br2N3O3/c1-3-11-16-10(15)6-12(17-11)21-13-7(2)4-8(14)5-9(13)18(19)20/h4-6H,3H2,1-2H3. The summed E-state index contributed by atoms with van der Waals surface area (Å²) in [6, 6.07) is 4.73. The number of halogens is 2. The summed E-state index contributed by atoms with van der Waals surface area (Å²) in [5, 5.41) is 11.2. The van der Waals surface area contributed by atoms with E-state index in [1.165, 1.54) is 6.07 Å². The summed E-state index contributed by atoms with van der Waals surface area (Å²) in [4.78, 5) is 19.1. The van der Waals surface area contributed by atoms with Crippen molar-refractivity contribution in [1.82, 2.24) is 9.97 Å². The van der Waals surface area contributed by atoms with Gasteiger partial charge in [0.15, 0.2) is 0 Å². The first-order valence-electron chi connectivity index (χ1n) is 6.06. The molecule has 1 aromatic carbocycles. The van der Waals surface area contributed by atoms with E-state index in [1.807, 2.05) is 6.92 Å². The molecule has 8 heteroatoms. The van der Waals surface area contributed by atoms with E-state index < -0.39 is 4.92 Å². The lowest BCUT2D eigenvalue weighted by atomic mass is 10.2. The van der Waals surface area contributed by atoms with Crippen molar-refractivity contribution >= 4 is 37.5 Å². The Morgan fingerprint density at radius 2 is 2.00 bits per heavy atom. The van der Waals surface area contributed by atoms with Gasteiger partial charge < -0.3 is 4.74 Å². The van der Waals surface area contributed by atoms with Gasteiger partial charge in [0.1, 0.15) is 10.4 Å². The number of hydrogen-bond acceptors (Lipinski definition) is 5. The minimum Gasteiger partial charge on any atom is -0.431 e. The molecule has 0 bridgehead atoms. The summed E-state index contributed by atoms with van der Waals surface area (Å²) in [5.74, 6) is 1.04. The van der Waals surface area contributed by atoms with Crippen molar-refractivity contribution in [1.29, 1.82) is 0 Å². The minimum atomic E-state index is -0.482. The molecule has 0 amide bonds. The molecule has 110 valence electrons. The molecular formula is C13H11Br2N3O3. The topological polar surface area (TPSA) is 78.2 Å². The monoisotopic (exact) mass is 415 g/mol. The average Bonchev–Trinajstić information content (AvgIpc) is 2.40. The van der Waals surface area contributed by atoms with Crippen molar-refractivity contribution in [3.05, 3.63) is 48.8 Å². The van der Waals surface area contributed by atoms with Crippen LogP contribution in [0.1, 0.15) is 18.3 Å². The van der Waals surface area contributed by atoms with E-state index >= 15 is 0 Å². The summed E-state index contributed by atoms with van der Waals surface area (Å²) in [7, 11) is 0. The molecule has 6 nitrogen and oxygen atoms in total. The van der Waals surface area contributed by atoms with Crippen LogP contribution in [0.5, 0.6) is 11.6 Å². The van der Waals surface area contributed by atoms with Crippen LogP contribution in [0.25, 0.3) is 0 Å². The predicted molar refractivity (Wildman–Crippen MR) is 84.7 cm³/mol. The second kappa shape index (κ2) is 6.48. The third-order valence-corrected chi connectivity index (χ3v) is 3.52. The molecule has 0 radical (unpaired) electrons. The fraction of sp³-hybridized carbons (Fsp3) is 0.231. The van der Waals surface area contributed by atoms with Gasteiger partial charge in [-0.15, -0.1) is 0 Å². The zero-order chi connectivity index (χ0) is 15.6. The van der Waals surface area contributed by atoms with E-state index in [0.717, 1.165) is 0 Å². The number of aryl methyl sites for hydroxylation is 2. The van der Waals surface area contributed by atoms with Crippen molar-refractivity contribution in [2.75, 3.05) is 0 Å². The van der Waals surface area contributed by atoms with Gasteiger partial charge in [-0.05, 0) is 28.9 Å². The highest BCUT2D eigenvalue weighted by Gasteiger charge is 2.20. The number of rotatable bonds is 4. The number of hydrogen-bond donors (Lipinski definition) is 0. The Labute approximate surface area is 138 Å². The van der Waals surface area contributed by atoms with E-state index in [0.29, 0.717) is 26.9 Å². The predicted octanol–water partition coefficient (Wildman–Crippen LogP) is 4.57. The van der Waals surface area contributed by atoms with E-state index in [2.05, 4.69) is 41.8 Å². The molecule has 0 aliphatic heterocycles. The number of ether oxygens (including phenoxy) is 1. The summed E-state index contributed by atoms with van der Waals surface area (Å²) < 4.78 is 6.83. The molecule has 0 spiro atoms. The Morgan fingerprint density at radius 1 is 1.29 bits per heavy atom. The Balaban J connectivity index is 2.48. The van der Waals surface area contributed by atoms with Crippen LogP contribution in [0, 0.1) is 17.0 Å². The van der Waals surface area contributed by atoms with E-state index in [4.69, 9.17) is 4.74 Å². The maximum Gasteiger partial charge on any atom is 0.313 e. The summed E-state index contributed by atoms with van der Waals surface area (Å²) in [6.07, 6.45) is 0.636. The minimum absolute atomic E-state index is 0.116. The van der Waals surface area contributed by atoms with E-state index in [9.17, 15) is 10.1 Å². The van der Waals surface area contributed by atoms with Gasteiger partial charge in [0.2, 0.25) is 11.6 Å². The Hall–Kier alpha value is -1.54. The van der Waals surface area contributed by atoms with Gasteiger partial charge in [0.05, 0.1) is 4.92 Å². The van der Waals surface area contributed by atoms with Gasteiger partial charge in [-0.25, -0.2) is 4.98 Å². The van der Waals surface area contributed by atoms with Crippen LogP contribution < -0.4 is 4.74 Å². The van der Waals surface area contributed by atoms with Gasteiger partial charge in [0.25, 0.3) is 0 Å². The zero-order valence-corrected chi connectivity index (χ0v) is 14.4. The molecule has 2 rings (SSSR count). The third kappa shape index (κ3) is 3.76. The maximum atomic E-state index is 11.2. The van der Waals surface area contributed by atoms with Crippen LogP contribution in [0.15, 0.2) is 27.3 Å². The van der Waals surface area contributed by atoms with Crippen LogP contribution in [0.4, 0.5) is 5.69 Å². The normalized spacial score (nSPS) is 10.5. The summed E-state index contributed by atoms with van der Waals surface area (Å²) in [6.45, 7) is 3.66. The Kier molecular flexibility index (Phi) is 4.89. The van der Waals surface area contributed by atoms with Crippen LogP contribution in [-0.4, -0.2) is 14.9 Å². The van der Waals surface area contributed by atoms with Gasteiger partial charge in [0, 0.05) is 28.6 Å². The molecule has 1 aromatic heterocycles. The van der Waals surface area contributed by atoms with Crippen molar-refractivity contribution < 1.29 is 9.66 Å². The molecule has 0 saturated carbocycles. The highest BCUT2D eigenvalue weighted by atomic mass is 79.9. The van der Waals surface area contributed by atoms with E-state index in [1.54, 1.807) is 19.1 Å². The Morgan fingerprint density at radius 3 is 2.62 bits per heavy atom. The number of benzene rings is 1. The smallest absolute Gasteiger partial charge is 0.313 e. The van der Waals surface area contributed by atoms with Gasteiger partial charge >= 0.3 is 5.69 Å². The molecule has 21 heavy (non-hydrogen) atoms. The zero-order valence-electron chi connectivity index (χ0n) is 11.3. The highest BCUT2D eigenvalue weighted by Crippen LogP contribution is 2.37. The Bertz CT molecular complexity index is 707. The van der Waals surface area contributed by atoms with E-state index in [-0.39, 0.29) is 17.3 Å². The molecule has 0 aliphatic rings. The van der Waals surface area contributed by atoms with Crippen LogP contribution in [0.2, 0.25) is 0 Å². The quantitative estimate of drug-likeness (QED) is 0.414. The van der Waals surface area contributed by atoms with Gasteiger partial charge in [-0.3, -0.25) is 10.1 Å². The molecule has 0 atom stereocenters. The SMILES string of the molecule is CCc1nc(Br)cc(Oc2c(C)cc(Br)cc2[N+](=O)[O-])n1. The number of nitro benzene ring substituents is 1. The third-order valence-electron chi connectivity index (χ3n) is 2.66. The maximum absolute atomic E-state index is 11.2. The molecule has 0 N–H and O–H groups in total. The molecule has 1 heterocycles. The number of nitrogens with zero attached hydrogens (tertiary/aromatic N) is 3. The largest absolute Gasteiger partial charge is 0.431 e. The lowest BCUT2D eigenvalue weighted by Crippen LogP contribution is -2.00. The second-order valence-corrected chi connectivity index (χ2v) is 5.96. The fourth-order valence-corrected chi connectivity index (χ4v) is 2.70. The molecule has 0 aliphatic carbocycles. The number of aromatic nitrogens is 2. The molecule has 0 saturated heterocycles. The molecular weight excluding hydrogens is 406 g/mol. The van der Waals surface area contributed by atoms with Crippen LogP contribution >= 0.6 is 31.9 Å². The second-order valence-electron chi connectivity index (χ2n) is 4.23. The number of nitro groups is 1.